The number of hydrogen-bond donors (Lipinski definition) is 3. The number of benzene rings is 2. The van der Waals surface area contributed by atoms with Crippen LogP contribution >= 0.6 is 24.2 Å². The van der Waals surface area contributed by atoms with Crippen molar-refractivity contribution in [2.24, 2.45) is 5.73 Å². The molecule has 2 amide bonds. The Labute approximate surface area is 178 Å². The molecule has 3 rings (SSSR count). The smallest absolute Gasteiger partial charge is 0.321 e. The number of carboxylic acid groups (broad SMARTS) is 1. The van der Waals surface area contributed by atoms with Crippen LogP contribution in [0.5, 0.6) is 11.5 Å². The molecule has 9 heteroatoms. The van der Waals surface area contributed by atoms with Crippen molar-refractivity contribution >= 4 is 41.3 Å². The van der Waals surface area contributed by atoms with E-state index in [1.54, 1.807) is 43.3 Å². The van der Waals surface area contributed by atoms with Crippen LogP contribution in [-0.2, 0) is 16.0 Å². The lowest BCUT2D eigenvalue weighted by Crippen LogP contribution is -2.35. The number of rotatable bonds is 7. The van der Waals surface area contributed by atoms with Gasteiger partial charge in [0, 0.05) is 5.92 Å². The molecular weight excluding hydrogens is 416 g/mol. The van der Waals surface area contributed by atoms with Gasteiger partial charge in [0.15, 0.2) is 0 Å². The molecule has 4 N–H and O–H groups in total. The highest BCUT2D eigenvalue weighted by atomic mass is 35.5. The van der Waals surface area contributed by atoms with E-state index in [1.165, 1.54) is 0 Å². The van der Waals surface area contributed by atoms with Crippen molar-refractivity contribution in [3.63, 3.8) is 0 Å². The fourth-order valence-corrected chi connectivity index (χ4v) is 3.69. The predicted molar refractivity (Wildman–Crippen MR) is 113 cm³/mol. The molecule has 2 unspecified atom stereocenters. The lowest BCUT2D eigenvalue weighted by atomic mass is 9.94. The summed E-state index contributed by atoms with van der Waals surface area (Å²) in [6, 6.07) is 13.5. The summed E-state index contributed by atoms with van der Waals surface area (Å²) < 4.78 is 5.80. The van der Waals surface area contributed by atoms with Crippen molar-refractivity contribution in [1.82, 2.24) is 5.32 Å². The van der Waals surface area contributed by atoms with Crippen molar-refractivity contribution in [2.75, 3.05) is 0 Å². The number of thioether (sulfide) groups is 1. The molecule has 1 aliphatic rings. The fraction of sp³-hybridized carbons (Fsp3) is 0.250. The Morgan fingerprint density at radius 3 is 2.17 bits per heavy atom. The maximum Gasteiger partial charge on any atom is 0.321 e. The van der Waals surface area contributed by atoms with Crippen molar-refractivity contribution in [2.45, 2.75) is 30.6 Å². The fourth-order valence-electron chi connectivity index (χ4n) is 2.83. The quantitative estimate of drug-likeness (QED) is 0.609. The van der Waals surface area contributed by atoms with E-state index < -0.39 is 17.3 Å². The van der Waals surface area contributed by atoms with Crippen molar-refractivity contribution in [3.8, 4) is 11.5 Å². The molecule has 0 saturated carbocycles. The SMILES string of the molecule is CC(c1ccc(Oc2ccc(CC3SC(=O)NC3=O)cc2)cc1)[C@H](N)C(=O)O.Cl. The van der Waals surface area contributed by atoms with Gasteiger partial charge >= 0.3 is 5.97 Å². The van der Waals surface area contributed by atoms with Crippen LogP contribution in [-0.4, -0.2) is 33.5 Å². The number of carbonyl (C=O) groups excluding carboxylic acids is 2. The Morgan fingerprint density at radius 2 is 1.69 bits per heavy atom. The Hall–Kier alpha value is -2.55. The molecule has 0 aromatic heterocycles. The number of carbonyl (C=O) groups is 3. The minimum Gasteiger partial charge on any atom is -0.480 e. The van der Waals surface area contributed by atoms with E-state index in [9.17, 15) is 14.4 Å². The molecule has 0 bridgehead atoms. The van der Waals surface area contributed by atoms with Crippen LogP contribution in [0, 0.1) is 0 Å². The summed E-state index contributed by atoms with van der Waals surface area (Å²) in [6.07, 6.45) is 0.471. The highest BCUT2D eigenvalue weighted by Gasteiger charge is 2.31. The molecule has 7 nitrogen and oxygen atoms in total. The van der Waals surface area contributed by atoms with Gasteiger partial charge in [-0.15, -0.1) is 12.4 Å². The monoisotopic (exact) mass is 436 g/mol. The zero-order valence-electron chi connectivity index (χ0n) is 15.5. The zero-order chi connectivity index (χ0) is 20.3. The second-order valence-corrected chi connectivity index (χ2v) is 7.73. The van der Waals surface area contributed by atoms with Crippen LogP contribution in [0.1, 0.15) is 24.0 Å². The Balaban J connectivity index is 0.00000300. The van der Waals surface area contributed by atoms with Crippen LogP contribution < -0.4 is 15.8 Å². The maximum absolute atomic E-state index is 11.6. The van der Waals surface area contributed by atoms with Gasteiger partial charge in [-0.3, -0.25) is 19.7 Å². The van der Waals surface area contributed by atoms with E-state index in [0.29, 0.717) is 17.9 Å². The highest BCUT2D eigenvalue weighted by molar-refractivity contribution is 8.15. The predicted octanol–water partition coefficient (Wildman–Crippen LogP) is 3.31. The van der Waals surface area contributed by atoms with E-state index in [1.807, 2.05) is 12.1 Å². The number of aliphatic carboxylic acids is 1. The van der Waals surface area contributed by atoms with Crippen molar-refractivity contribution in [3.05, 3.63) is 59.7 Å². The summed E-state index contributed by atoms with van der Waals surface area (Å²) in [5, 5.41) is 10.6. The molecule has 3 atom stereocenters. The van der Waals surface area contributed by atoms with Gasteiger partial charge in [-0.05, 0) is 41.8 Å². The largest absolute Gasteiger partial charge is 0.480 e. The maximum atomic E-state index is 11.6. The van der Waals surface area contributed by atoms with Gasteiger partial charge in [0.1, 0.15) is 17.5 Å². The number of imide groups is 1. The first-order chi connectivity index (χ1) is 13.3. The molecule has 2 aromatic rings. The molecule has 154 valence electrons. The number of carboxylic acids is 1. The van der Waals surface area contributed by atoms with Gasteiger partial charge in [0.05, 0.1) is 5.25 Å². The summed E-state index contributed by atoms with van der Waals surface area (Å²) in [7, 11) is 0. The third kappa shape index (κ3) is 5.72. The van der Waals surface area contributed by atoms with Crippen LogP contribution in [0.15, 0.2) is 48.5 Å². The zero-order valence-corrected chi connectivity index (χ0v) is 17.2. The molecule has 0 radical (unpaired) electrons. The first-order valence-corrected chi connectivity index (χ1v) is 9.58. The number of nitrogens with two attached hydrogens (primary N) is 1. The second kappa shape index (κ2) is 9.78. The Kier molecular flexibility index (Phi) is 7.66. The Bertz CT molecular complexity index is 889. The van der Waals surface area contributed by atoms with Crippen LogP contribution in [0.3, 0.4) is 0 Å². The van der Waals surface area contributed by atoms with Crippen molar-refractivity contribution < 1.29 is 24.2 Å². The van der Waals surface area contributed by atoms with Crippen LogP contribution in [0.25, 0.3) is 0 Å². The van der Waals surface area contributed by atoms with Gasteiger partial charge in [-0.25, -0.2) is 0 Å². The number of halogens is 1. The van der Waals surface area contributed by atoms with Gasteiger partial charge in [0.2, 0.25) is 5.91 Å². The summed E-state index contributed by atoms with van der Waals surface area (Å²) in [5.74, 6) is -0.364. The first-order valence-electron chi connectivity index (χ1n) is 8.70. The van der Waals surface area contributed by atoms with E-state index in [0.717, 1.165) is 22.9 Å². The summed E-state index contributed by atoms with van der Waals surface area (Å²) in [5.41, 5.74) is 7.42. The summed E-state index contributed by atoms with van der Waals surface area (Å²) in [4.78, 5) is 33.9. The standard InChI is InChI=1S/C20H20N2O5S.ClH/c1-11(17(21)19(24)25)13-4-8-15(9-5-13)27-14-6-2-12(3-7-14)10-16-18(23)22-20(26)28-16;/h2-9,11,16-17H,10,21H2,1H3,(H,24,25)(H,22,23,26);1H/t11?,16?,17-;/m0./s1. The number of ether oxygens (including phenoxy) is 1. The third-order valence-electron chi connectivity index (χ3n) is 4.58. The molecule has 29 heavy (non-hydrogen) atoms. The lowest BCUT2D eigenvalue weighted by molar-refractivity contribution is -0.139. The van der Waals surface area contributed by atoms with E-state index in [-0.39, 0.29) is 29.5 Å². The average Bonchev–Trinajstić information content (AvgIpc) is 2.99. The van der Waals surface area contributed by atoms with Crippen LogP contribution in [0.2, 0.25) is 0 Å². The Morgan fingerprint density at radius 1 is 1.14 bits per heavy atom. The molecule has 1 fully saturated rings. The summed E-state index contributed by atoms with van der Waals surface area (Å²) >= 11 is 1.01. The van der Waals surface area contributed by atoms with E-state index in [2.05, 4.69) is 5.32 Å². The van der Waals surface area contributed by atoms with E-state index >= 15 is 0 Å². The average molecular weight is 437 g/mol. The van der Waals surface area contributed by atoms with Gasteiger partial charge in [0.25, 0.3) is 5.24 Å². The highest BCUT2D eigenvalue weighted by Crippen LogP contribution is 2.27. The molecular formula is C20H21ClN2O5S. The molecule has 1 heterocycles. The van der Waals surface area contributed by atoms with Crippen LogP contribution in [0.4, 0.5) is 4.79 Å². The first kappa shape index (κ1) is 22.7. The summed E-state index contributed by atoms with van der Waals surface area (Å²) in [6.45, 7) is 1.77. The number of nitrogens with one attached hydrogen (secondary N) is 1. The minimum absolute atomic E-state index is 0. The lowest BCUT2D eigenvalue weighted by Gasteiger charge is -2.16. The third-order valence-corrected chi connectivity index (χ3v) is 5.56. The topological polar surface area (TPSA) is 119 Å². The molecule has 2 aromatic carbocycles. The second-order valence-electron chi connectivity index (χ2n) is 6.56. The number of hydrogen-bond acceptors (Lipinski definition) is 6. The molecule has 0 spiro atoms. The number of amides is 2. The minimum atomic E-state index is -1.04. The van der Waals surface area contributed by atoms with Gasteiger partial charge in [-0.2, -0.15) is 0 Å². The normalized spacial score (nSPS) is 17.8. The molecule has 0 aliphatic carbocycles. The molecule has 1 aliphatic heterocycles. The molecule has 1 saturated heterocycles. The van der Waals surface area contributed by atoms with Crippen molar-refractivity contribution in [1.29, 1.82) is 0 Å². The van der Waals surface area contributed by atoms with E-state index in [4.69, 9.17) is 15.6 Å². The van der Waals surface area contributed by atoms with Gasteiger partial charge < -0.3 is 15.6 Å². The van der Waals surface area contributed by atoms with Gasteiger partial charge in [-0.1, -0.05) is 43.0 Å².